The number of aliphatic hydroxyl groups excluding tert-OH is 2. The Bertz CT molecular complexity index is 3320. The summed E-state index contributed by atoms with van der Waals surface area (Å²) in [5.41, 5.74) is 7.71. The number of unbranched alkanes of at least 4 members (excludes halogenated alkanes) is 1. The predicted molar refractivity (Wildman–Crippen MR) is 410 cm³/mol. The highest BCUT2D eigenvalue weighted by atomic mass is 32.2. The van der Waals surface area contributed by atoms with Crippen LogP contribution in [-0.2, 0) is 94.5 Å². The van der Waals surface area contributed by atoms with Crippen LogP contribution in [0.4, 0.5) is 0 Å². The molecule has 0 saturated carbocycles. The SMILES string of the molecule is CCCC[C@H](NC(=O)CCC(=O)NCCCOCCOCCOCCCNC(=O)CN1CCN(CC(=O)O)CCN(CC(=O)O)CC1)C(O)N[C@H]1CSCc2cccc(c2)CSCC(C(=O)O)NC(=O)[C@H](Cc2ccccc2)NC(=O)[C@H](CCC(N)=O)NC(=O)[C@H]([C@@H](C)O)NC(=O)[C@@H]2CCCN2C(=O)[C@@H]2CCCN2C1=O. The van der Waals surface area contributed by atoms with E-state index in [2.05, 4.69) is 42.5 Å². The van der Waals surface area contributed by atoms with Gasteiger partial charge in [0.2, 0.25) is 59.1 Å². The number of hydrogen-bond donors (Lipinski definition) is 14. The van der Waals surface area contributed by atoms with E-state index in [1.165, 1.54) is 40.2 Å². The molecule has 111 heavy (non-hydrogen) atoms. The summed E-state index contributed by atoms with van der Waals surface area (Å²) in [7, 11) is 0. The van der Waals surface area contributed by atoms with Gasteiger partial charge in [-0.2, -0.15) is 23.5 Å². The first-order valence-corrected chi connectivity index (χ1v) is 40.5. The van der Waals surface area contributed by atoms with Gasteiger partial charge in [-0.1, -0.05) is 74.4 Å². The quantitative estimate of drug-likeness (QED) is 0.0256. The summed E-state index contributed by atoms with van der Waals surface area (Å²) in [6.07, 6.45) is -0.720. The third-order valence-electron chi connectivity index (χ3n) is 19.1. The molecule has 0 aromatic heterocycles. The number of nitrogens with one attached hydrogen (secondary N) is 8. The van der Waals surface area contributed by atoms with Gasteiger partial charge < -0.3 is 92.5 Å². The van der Waals surface area contributed by atoms with Crippen LogP contribution in [0.15, 0.2) is 54.6 Å². The molecule has 618 valence electrons. The fourth-order valence-corrected chi connectivity index (χ4v) is 15.1. The Kier molecular flexibility index (Phi) is 41.4. The van der Waals surface area contributed by atoms with Gasteiger partial charge in [-0.05, 0) is 75.0 Å². The van der Waals surface area contributed by atoms with Crippen molar-refractivity contribution >= 4 is 101 Å². The van der Waals surface area contributed by atoms with Crippen LogP contribution in [0.1, 0.15) is 114 Å². The highest BCUT2D eigenvalue weighted by molar-refractivity contribution is 7.98. The molecule has 10 atom stereocenters. The topological polar surface area (TPSA) is 489 Å². The van der Waals surface area contributed by atoms with Crippen LogP contribution in [0.5, 0.6) is 0 Å². The number of nitrogens with zero attached hydrogens (tertiary/aromatic N) is 5. The number of amides is 10. The minimum atomic E-state index is -1.73. The first kappa shape index (κ1) is 91.8. The lowest BCUT2D eigenvalue weighted by Crippen LogP contribution is -2.62. The lowest BCUT2D eigenvalue weighted by molar-refractivity contribution is -0.148. The number of ether oxygens (including phenoxy) is 3. The molecule has 2 bridgehead atoms. The first-order chi connectivity index (χ1) is 53.3. The average molecular weight is 1600 g/mol. The zero-order chi connectivity index (χ0) is 80.6. The molecule has 4 aliphatic heterocycles. The molecule has 2 unspecified atom stereocenters. The number of carbonyl (C=O) groups excluding carboxylic acids is 10. The lowest BCUT2D eigenvalue weighted by Gasteiger charge is -2.35. The van der Waals surface area contributed by atoms with Gasteiger partial charge in [-0.15, -0.1) is 0 Å². The number of carboxylic acids is 3. The Morgan fingerprint density at radius 2 is 1.11 bits per heavy atom. The van der Waals surface area contributed by atoms with Crippen molar-refractivity contribution in [3.05, 3.63) is 71.3 Å². The normalized spacial score (nSPS) is 22.4. The van der Waals surface area contributed by atoms with Gasteiger partial charge in [0.15, 0.2) is 0 Å². The van der Waals surface area contributed by atoms with Crippen molar-refractivity contribution in [1.29, 1.82) is 0 Å². The van der Waals surface area contributed by atoms with Gasteiger partial charge in [0.05, 0.1) is 64.2 Å². The van der Waals surface area contributed by atoms with Gasteiger partial charge in [0.25, 0.3) is 0 Å². The predicted octanol–water partition coefficient (Wildman–Crippen LogP) is -2.06. The zero-order valence-corrected chi connectivity index (χ0v) is 65.2. The number of hydrogen-bond acceptors (Lipinski definition) is 24. The fourth-order valence-electron chi connectivity index (χ4n) is 13.1. The van der Waals surface area contributed by atoms with Crippen LogP contribution in [0, 0.1) is 0 Å². The smallest absolute Gasteiger partial charge is 0.327 e. The van der Waals surface area contributed by atoms with E-state index in [1.54, 1.807) is 40.1 Å². The summed E-state index contributed by atoms with van der Waals surface area (Å²) < 4.78 is 16.9. The number of rotatable bonds is 37. The van der Waals surface area contributed by atoms with Crippen LogP contribution in [0.25, 0.3) is 0 Å². The van der Waals surface area contributed by atoms with E-state index >= 15 is 4.79 Å². The van der Waals surface area contributed by atoms with Crippen molar-refractivity contribution in [1.82, 2.24) is 67.0 Å². The van der Waals surface area contributed by atoms with Gasteiger partial charge in [0, 0.05) is 127 Å². The summed E-state index contributed by atoms with van der Waals surface area (Å²) in [4.78, 5) is 182. The van der Waals surface area contributed by atoms with Crippen LogP contribution < -0.4 is 48.3 Å². The van der Waals surface area contributed by atoms with Gasteiger partial charge in [-0.3, -0.25) is 77.6 Å². The number of aliphatic hydroxyl groups is 2. The second-order valence-corrected chi connectivity index (χ2v) is 30.1. The molecule has 0 spiro atoms. The highest BCUT2D eigenvalue weighted by Gasteiger charge is 2.45. The van der Waals surface area contributed by atoms with E-state index in [0.717, 1.165) is 11.1 Å². The number of thioether (sulfide) groups is 2. The maximum Gasteiger partial charge on any atom is 0.327 e. The van der Waals surface area contributed by atoms with Crippen LogP contribution in [0.2, 0.25) is 0 Å². The van der Waals surface area contributed by atoms with Crippen molar-refractivity contribution in [3.63, 3.8) is 0 Å². The molecular formula is C74H114N14O21S2. The molecule has 37 heteroatoms. The molecule has 4 aliphatic rings. The summed E-state index contributed by atoms with van der Waals surface area (Å²) in [5, 5.41) is 73.9. The summed E-state index contributed by atoms with van der Waals surface area (Å²) >= 11 is 2.58. The average Bonchev–Trinajstić information content (AvgIpc) is 1.67. The maximum atomic E-state index is 15.1. The molecule has 2 aromatic rings. The number of benzene rings is 2. The molecular weight excluding hydrogens is 1490 g/mol. The third kappa shape index (κ3) is 34.0. The minimum Gasteiger partial charge on any atom is -0.480 e. The molecule has 10 amide bonds. The van der Waals surface area contributed by atoms with E-state index in [0.29, 0.717) is 141 Å². The summed E-state index contributed by atoms with van der Waals surface area (Å²) in [6.45, 7) is 8.29. The Morgan fingerprint density at radius 3 is 1.68 bits per heavy atom. The van der Waals surface area contributed by atoms with Crippen LogP contribution >= 0.6 is 23.5 Å². The second kappa shape index (κ2) is 50.1. The van der Waals surface area contributed by atoms with Crippen molar-refractivity contribution < 1.29 is 102 Å². The van der Waals surface area contributed by atoms with Crippen molar-refractivity contribution in [2.75, 3.05) is 136 Å². The Labute approximate surface area is 655 Å². The Morgan fingerprint density at radius 1 is 0.577 bits per heavy atom. The van der Waals surface area contributed by atoms with Gasteiger partial charge in [-0.25, -0.2) is 4.79 Å². The van der Waals surface area contributed by atoms with E-state index in [1.807, 2.05) is 36.1 Å². The van der Waals surface area contributed by atoms with Crippen LogP contribution in [0.3, 0.4) is 0 Å². The fraction of sp³-hybridized carbons (Fsp3) is 0.662. The molecule has 4 heterocycles. The second-order valence-electron chi connectivity index (χ2n) is 28.0. The third-order valence-corrected chi connectivity index (χ3v) is 21.3. The standard InChI is InChI=1S/C74H114N14O21S2/c1-3-4-17-53(78-62(92)23-22-61(91)76-24-11-34-107-36-38-109-39-37-108-35-12-25-77-63(93)42-84-28-30-85(43-64(94)95)32-33-86(31-29-84)44-65(96)97)67(98)81-56-47-110-45-51-15-8-16-52(40-51)46-111-48-57(74(105)106)82-69(100)55(41-50-13-6-5-7-14-50)80-68(99)54(20-21-60(75)90)79-71(102)66(49(2)89)83-70(101)58-18-9-26-87(58)73(104)59-19-10-27-88(59)72(56)103/h5-8,13-16,40,49,53-59,66-67,81,89,98H,3-4,9-12,17-39,41-48H2,1-2H3,(H2,75,90)(H,76,91)(H,77,93)(H,78,92)(H,79,102)(H,80,99)(H,82,100)(H,83,101)(H,94,95)(H,96,97)(H,105,106)/t49-,53+,54+,55+,56+,57?,58+,59+,66+,67?/m1/s1. The Balaban J connectivity index is 1.01. The molecule has 15 N–H and O–H groups in total. The molecule has 3 fully saturated rings. The number of carbonyl (C=O) groups is 13. The van der Waals surface area contributed by atoms with E-state index < -0.39 is 132 Å². The number of nitrogens with two attached hydrogens (primary N) is 1. The molecule has 0 radical (unpaired) electrons. The largest absolute Gasteiger partial charge is 0.480 e. The van der Waals surface area contributed by atoms with Gasteiger partial charge in [0.1, 0.15) is 42.5 Å². The zero-order valence-electron chi connectivity index (χ0n) is 63.5. The first-order valence-electron chi connectivity index (χ1n) is 38.2. The molecule has 3 saturated heterocycles. The summed E-state index contributed by atoms with van der Waals surface area (Å²) in [5.74, 6) is -9.45. The summed E-state index contributed by atoms with van der Waals surface area (Å²) in [6, 6.07) is 5.52. The van der Waals surface area contributed by atoms with E-state index in [9.17, 15) is 83.1 Å². The van der Waals surface area contributed by atoms with Crippen LogP contribution in [-0.4, -0.2) is 324 Å². The Hall–Kier alpha value is -8.11. The van der Waals surface area contributed by atoms with E-state index in [-0.39, 0.29) is 108 Å². The van der Waals surface area contributed by atoms with E-state index in [4.69, 9.17) is 19.9 Å². The maximum absolute atomic E-state index is 15.1. The molecule has 2 aromatic carbocycles. The molecule has 0 aliphatic carbocycles. The van der Waals surface area contributed by atoms with Crippen molar-refractivity contribution in [2.24, 2.45) is 5.73 Å². The number of aliphatic carboxylic acids is 3. The van der Waals surface area contributed by atoms with Crippen molar-refractivity contribution in [3.8, 4) is 0 Å². The number of primary amides is 1. The minimum absolute atomic E-state index is 0.0564. The van der Waals surface area contributed by atoms with Crippen molar-refractivity contribution in [2.45, 2.75) is 176 Å². The number of carboxylic acid groups (broad SMARTS) is 3. The molecule has 35 nitrogen and oxygen atoms in total. The van der Waals surface area contributed by atoms with Gasteiger partial charge >= 0.3 is 17.9 Å². The molecule has 6 rings (SSSR count). The lowest BCUT2D eigenvalue weighted by atomic mass is 10.0. The highest BCUT2D eigenvalue weighted by Crippen LogP contribution is 2.28. The monoisotopic (exact) mass is 1600 g/mol. The number of fused-ring (bicyclic) bond motifs is 4.